The summed E-state index contributed by atoms with van der Waals surface area (Å²) in [6.45, 7) is 9.64. The highest BCUT2D eigenvalue weighted by molar-refractivity contribution is 5.68. The van der Waals surface area contributed by atoms with Gasteiger partial charge in [0, 0.05) is 56.7 Å². The first-order valence-corrected chi connectivity index (χ1v) is 10.9. The van der Waals surface area contributed by atoms with Gasteiger partial charge in [-0.05, 0) is 31.1 Å². The summed E-state index contributed by atoms with van der Waals surface area (Å²) in [5.41, 5.74) is 3.55. The topological polar surface area (TPSA) is 79.4 Å². The van der Waals surface area contributed by atoms with Crippen LogP contribution in [0.2, 0.25) is 0 Å². The Bertz CT molecular complexity index is 1330. The zero-order valence-corrected chi connectivity index (χ0v) is 18.0. The van der Waals surface area contributed by atoms with E-state index >= 15 is 0 Å². The second-order valence-corrected chi connectivity index (χ2v) is 9.20. The molecule has 1 aliphatic heterocycles. The highest BCUT2D eigenvalue weighted by Gasteiger charge is 2.58. The molecule has 32 heavy (non-hydrogen) atoms. The van der Waals surface area contributed by atoms with E-state index in [1.165, 1.54) is 0 Å². The zero-order valence-electron chi connectivity index (χ0n) is 18.0. The molecular weight excluding hydrogens is 404 g/mol. The molecule has 1 saturated heterocycles. The molecule has 0 radical (unpaired) electrons. The van der Waals surface area contributed by atoms with Crippen LogP contribution in [0.15, 0.2) is 43.2 Å². The second-order valence-electron chi connectivity index (χ2n) is 9.20. The van der Waals surface area contributed by atoms with Crippen LogP contribution in [0.3, 0.4) is 0 Å². The molecule has 0 amide bonds. The summed E-state index contributed by atoms with van der Waals surface area (Å²) in [6.07, 6.45) is 15.5. The smallest absolute Gasteiger partial charge is 0.239 e. The van der Waals surface area contributed by atoms with Crippen molar-refractivity contribution in [1.82, 2.24) is 33.9 Å². The lowest BCUT2D eigenvalue weighted by Gasteiger charge is -2.55. The maximum Gasteiger partial charge on any atom is 0.239 e. The van der Waals surface area contributed by atoms with Gasteiger partial charge in [0.2, 0.25) is 6.54 Å². The molecule has 2 fully saturated rings. The average molecular weight is 429 g/mol. The van der Waals surface area contributed by atoms with E-state index in [1.807, 2.05) is 47.0 Å². The van der Waals surface area contributed by atoms with E-state index in [0.29, 0.717) is 12.0 Å². The molecule has 1 saturated carbocycles. The minimum absolute atomic E-state index is 0.244. The Morgan fingerprint density at radius 3 is 2.69 bits per heavy atom. The summed E-state index contributed by atoms with van der Waals surface area (Å²) in [4.78, 5) is 13.2. The standard InChI is InChI=1S/C23H24N8O/c1-24-16-23(14-22(15-23)3-7-32-8-4-22)31-13-18(11-27-31)21-28-19(17-10-26-29(2)12-17)9-20-25-5-6-30(20)21/h5-6,9-13H,3-4,7-8,14-16H2,2H3. The van der Waals surface area contributed by atoms with E-state index in [9.17, 15) is 0 Å². The normalized spacial score (nSPS) is 19.1. The van der Waals surface area contributed by atoms with Gasteiger partial charge in [-0.25, -0.2) is 16.5 Å². The average Bonchev–Trinajstić information content (AvgIpc) is 3.53. The molecule has 0 aromatic carbocycles. The number of aryl methyl sites for hydroxylation is 1. The summed E-state index contributed by atoms with van der Waals surface area (Å²) in [5.74, 6) is 0.781. The molecular formula is C23H24N8O. The molecule has 0 bridgehead atoms. The van der Waals surface area contributed by atoms with Crippen LogP contribution in [0.5, 0.6) is 0 Å². The predicted molar refractivity (Wildman–Crippen MR) is 118 cm³/mol. The maximum atomic E-state index is 7.56. The van der Waals surface area contributed by atoms with Gasteiger partial charge in [-0.3, -0.25) is 13.8 Å². The Hall–Kier alpha value is -3.51. The molecule has 2 aliphatic rings. The molecule has 162 valence electrons. The van der Waals surface area contributed by atoms with Crippen molar-refractivity contribution in [3.63, 3.8) is 0 Å². The minimum Gasteiger partial charge on any atom is -0.381 e. The van der Waals surface area contributed by atoms with Crippen molar-refractivity contribution in [1.29, 1.82) is 0 Å². The fourth-order valence-electron chi connectivity index (χ4n) is 5.52. The Morgan fingerprint density at radius 2 is 1.94 bits per heavy atom. The van der Waals surface area contributed by atoms with Crippen molar-refractivity contribution in [3.8, 4) is 22.6 Å². The Morgan fingerprint density at radius 1 is 1.12 bits per heavy atom. The first-order valence-electron chi connectivity index (χ1n) is 10.9. The second kappa shape index (κ2) is 7.00. The summed E-state index contributed by atoms with van der Waals surface area (Å²) in [6, 6.07) is 1.96. The minimum atomic E-state index is -0.244. The first kappa shape index (κ1) is 19.2. The van der Waals surface area contributed by atoms with Gasteiger partial charge >= 0.3 is 0 Å². The van der Waals surface area contributed by atoms with E-state index in [-0.39, 0.29) is 5.54 Å². The Kier molecular flexibility index (Phi) is 4.20. The molecule has 4 aromatic rings. The van der Waals surface area contributed by atoms with E-state index in [1.54, 1.807) is 17.1 Å². The summed E-state index contributed by atoms with van der Waals surface area (Å²) >= 11 is 0. The maximum absolute atomic E-state index is 7.56. The number of rotatable bonds is 4. The number of hydrogen-bond donors (Lipinski definition) is 0. The quantitative estimate of drug-likeness (QED) is 0.467. The molecule has 6 rings (SSSR count). The van der Waals surface area contributed by atoms with Crippen LogP contribution in [0.1, 0.15) is 25.7 Å². The number of ether oxygens (including phenoxy) is 1. The van der Waals surface area contributed by atoms with Gasteiger partial charge in [0.15, 0.2) is 0 Å². The molecule has 1 spiro atoms. The SMILES string of the molecule is [C-]#[N+]CC1(n2cc(-c3nc(-c4cnn(C)c4)cc4nccn34)cn2)CC2(CCOCC2)C1. The van der Waals surface area contributed by atoms with Crippen LogP contribution in [0, 0.1) is 12.0 Å². The van der Waals surface area contributed by atoms with Crippen molar-refractivity contribution in [2.45, 2.75) is 31.2 Å². The van der Waals surface area contributed by atoms with Crippen LogP contribution in [-0.4, -0.2) is 53.7 Å². The van der Waals surface area contributed by atoms with Gasteiger partial charge in [-0.15, -0.1) is 0 Å². The molecule has 4 aromatic heterocycles. The van der Waals surface area contributed by atoms with Crippen molar-refractivity contribution in [2.75, 3.05) is 19.8 Å². The predicted octanol–water partition coefficient (Wildman–Crippen LogP) is 3.20. The first-order chi connectivity index (χ1) is 15.6. The largest absolute Gasteiger partial charge is 0.381 e. The van der Waals surface area contributed by atoms with Crippen LogP contribution < -0.4 is 0 Å². The number of aromatic nitrogens is 7. The number of hydrogen-bond acceptors (Lipinski definition) is 5. The van der Waals surface area contributed by atoms with Gasteiger partial charge < -0.3 is 9.58 Å². The van der Waals surface area contributed by atoms with Crippen molar-refractivity contribution in [2.24, 2.45) is 12.5 Å². The third kappa shape index (κ3) is 2.94. The highest BCUT2D eigenvalue weighted by atomic mass is 16.5. The van der Waals surface area contributed by atoms with Gasteiger partial charge in [0.25, 0.3) is 0 Å². The monoisotopic (exact) mass is 428 g/mol. The van der Waals surface area contributed by atoms with Crippen molar-refractivity contribution in [3.05, 3.63) is 54.7 Å². The molecule has 5 heterocycles. The van der Waals surface area contributed by atoms with Gasteiger partial charge in [0.1, 0.15) is 17.0 Å². The number of imidazole rings is 1. The molecule has 0 unspecified atom stereocenters. The summed E-state index contributed by atoms with van der Waals surface area (Å²) in [5, 5.41) is 9.01. The van der Waals surface area contributed by atoms with Crippen LogP contribution in [0.4, 0.5) is 0 Å². The van der Waals surface area contributed by atoms with Crippen LogP contribution in [0.25, 0.3) is 33.1 Å². The van der Waals surface area contributed by atoms with Gasteiger partial charge in [-0.1, -0.05) is 0 Å². The highest BCUT2D eigenvalue weighted by Crippen LogP contribution is 2.58. The van der Waals surface area contributed by atoms with E-state index in [0.717, 1.165) is 67.2 Å². The van der Waals surface area contributed by atoms with E-state index < -0.39 is 0 Å². The fraction of sp³-hybridized carbons (Fsp3) is 0.435. The fourth-order valence-corrected chi connectivity index (χ4v) is 5.52. The lowest BCUT2D eigenvalue weighted by atomic mass is 9.54. The van der Waals surface area contributed by atoms with Gasteiger partial charge in [0.05, 0.1) is 23.7 Å². The summed E-state index contributed by atoms with van der Waals surface area (Å²) in [7, 11) is 1.89. The number of nitrogens with zero attached hydrogens (tertiary/aromatic N) is 8. The van der Waals surface area contributed by atoms with Crippen molar-refractivity contribution < 1.29 is 4.74 Å². The third-order valence-electron chi connectivity index (χ3n) is 7.05. The molecule has 0 N–H and O–H groups in total. The lowest BCUT2D eigenvalue weighted by molar-refractivity contribution is -0.0980. The zero-order chi connectivity index (χ0) is 21.8. The summed E-state index contributed by atoms with van der Waals surface area (Å²) < 4.78 is 11.3. The van der Waals surface area contributed by atoms with E-state index in [2.05, 4.69) is 14.9 Å². The molecule has 0 atom stereocenters. The molecule has 9 nitrogen and oxygen atoms in total. The lowest BCUT2D eigenvalue weighted by Crippen LogP contribution is -2.57. The Labute approximate surface area is 185 Å². The van der Waals surface area contributed by atoms with Gasteiger partial charge in [-0.2, -0.15) is 10.2 Å². The third-order valence-corrected chi connectivity index (χ3v) is 7.05. The van der Waals surface area contributed by atoms with Crippen molar-refractivity contribution >= 4 is 5.65 Å². The van der Waals surface area contributed by atoms with Crippen LogP contribution >= 0.6 is 0 Å². The van der Waals surface area contributed by atoms with Crippen LogP contribution in [-0.2, 0) is 17.3 Å². The Balaban J connectivity index is 1.39. The molecule has 9 heteroatoms. The number of fused-ring (bicyclic) bond motifs is 1. The molecule has 1 aliphatic carbocycles. The van der Waals surface area contributed by atoms with E-state index in [4.69, 9.17) is 21.4 Å².